The average molecular weight is 254 g/mol. The molecular formula is C16H14O3. The molecule has 0 aliphatic rings. The number of furan rings is 1. The number of benzene rings is 2. The van der Waals surface area contributed by atoms with Crippen molar-refractivity contribution < 1.29 is 14.3 Å². The summed E-state index contributed by atoms with van der Waals surface area (Å²) in [5.41, 5.74) is 1.64. The molecule has 0 atom stereocenters. The Morgan fingerprint density at radius 2 is 1.89 bits per heavy atom. The predicted molar refractivity (Wildman–Crippen MR) is 74.5 cm³/mol. The number of phenols is 1. The quantitative estimate of drug-likeness (QED) is 0.761. The molecule has 3 heteroatoms. The van der Waals surface area contributed by atoms with Crippen LogP contribution in [0.15, 0.2) is 52.9 Å². The van der Waals surface area contributed by atoms with Gasteiger partial charge in [-0.3, -0.25) is 0 Å². The SMILES string of the molecule is CCOc1ccc(-c2cc3c(O)cccc3o2)cc1. The van der Waals surface area contributed by atoms with Gasteiger partial charge in [0.15, 0.2) is 0 Å². The van der Waals surface area contributed by atoms with Crippen LogP contribution in [0, 0.1) is 0 Å². The molecule has 0 unspecified atom stereocenters. The maximum atomic E-state index is 9.77. The molecule has 3 aromatic rings. The van der Waals surface area contributed by atoms with E-state index in [1.807, 2.05) is 43.3 Å². The van der Waals surface area contributed by atoms with E-state index in [4.69, 9.17) is 9.15 Å². The van der Waals surface area contributed by atoms with Crippen molar-refractivity contribution in [3.05, 3.63) is 48.5 Å². The van der Waals surface area contributed by atoms with Crippen LogP contribution in [0.2, 0.25) is 0 Å². The summed E-state index contributed by atoms with van der Waals surface area (Å²) in [7, 11) is 0. The van der Waals surface area contributed by atoms with Gasteiger partial charge in [-0.2, -0.15) is 0 Å². The van der Waals surface area contributed by atoms with E-state index in [-0.39, 0.29) is 5.75 Å². The summed E-state index contributed by atoms with van der Waals surface area (Å²) in [6.07, 6.45) is 0. The number of ether oxygens (including phenoxy) is 1. The summed E-state index contributed by atoms with van der Waals surface area (Å²) in [6, 6.07) is 14.8. The van der Waals surface area contributed by atoms with Crippen molar-refractivity contribution in [1.29, 1.82) is 0 Å². The van der Waals surface area contributed by atoms with E-state index in [1.54, 1.807) is 12.1 Å². The van der Waals surface area contributed by atoms with Crippen molar-refractivity contribution in [2.45, 2.75) is 6.92 Å². The first kappa shape index (κ1) is 11.7. The van der Waals surface area contributed by atoms with Crippen LogP contribution in [0.4, 0.5) is 0 Å². The smallest absolute Gasteiger partial charge is 0.138 e. The molecule has 0 fully saturated rings. The van der Waals surface area contributed by atoms with Crippen LogP contribution < -0.4 is 4.74 Å². The molecule has 96 valence electrons. The van der Waals surface area contributed by atoms with Gasteiger partial charge in [-0.05, 0) is 49.4 Å². The van der Waals surface area contributed by atoms with E-state index in [9.17, 15) is 5.11 Å². The van der Waals surface area contributed by atoms with Crippen molar-refractivity contribution in [2.24, 2.45) is 0 Å². The molecule has 0 amide bonds. The van der Waals surface area contributed by atoms with Gasteiger partial charge >= 0.3 is 0 Å². The fourth-order valence-corrected chi connectivity index (χ4v) is 2.07. The molecule has 0 aliphatic heterocycles. The highest BCUT2D eigenvalue weighted by Crippen LogP contribution is 2.33. The Bertz CT molecular complexity index is 696. The maximum absolute atomic E-state index is 9.77. The summed E-state index contributed by atoms with van der Waals surface area (Å²) in [5, 5.41) is 10.5. The summed E-state index contributed by atoms with van der Waals surface area (Å²) >= 11 is 0. The summed E-state index contributed by atoms with van der Waals surface area (Å²) in [4.78, 5) is 0. The molecule has 3 rings (SSSR count). The Morgan fingerprint density at radius 3 is 2.58 bits per heavy atom. The monoisotopic (exact) mass is 254 g/mol. The third-order valence-corrected chi connectivity index (χ3v) is 2.99. The predicted octanol–water partition coefficient (Wildman–Crippen LogP) is 4.20. The molecule has 0 radical (unpaired) electrons. The first-order valence-electron chi connectivity index (χ1n) is 6.22. The van der Waals surface area contributed by atoms with Gasteiger partial charge in [0, 0.05) is 5.56 Å². The molecule has 1 N–H and O–H groups in total. The molecule has 1 heterocycles. The number of phenolic OH excluding ortho intramolecular Hbond substituents is 1. The topological polar surface area (TPSA) is 42.6 Å². The highest BCUT2D eigenvalue weighted by molar-refractivity contribution is 5.87. The van der Waals surface area contributed by atoms with E-state index < -0.39 is 0 Å². The normalized spacial score (nSPS) is 10.8. The van der Waals surface area contributed by atoms with E-state index in [0.29, 0.717) is 12.2 Å². The molecule has 0 bridgehead atoms. The summed E-state index contributed by atoms with van der Waals surface area (Å²) in [5.74, 6) is 1.81. The lowest BCUT2D eigenvalue weighted by Gasteiger charge is -2.02. The van der Waals surface area contributed by atoms with Crippen LogP contribution in [0.3, 0.4) is 0 Å². The maximum Gasteiger partial charge on any atom is 0.138 e. The Morgan fingerprint density at radius 1 is 1.11 bits per heavy atom. The highest BCUT2D eigenvalue weighted by atomic mass is 16.5. The zero-order valence-corrected chi connectivity index (χ0v) is 10.6. The fraction of sp³-hybridized carbons (Fsp3) is 0.125. The minimum Gasteiger partial charge on any atom is -0.507 e. The molecule has 19 heavy (non-hydrogen) atoms. The first-order chi connectivity index (χ1) is 9.28. The molecule has 0 aliphatic carbocycles. The lowest BCUT2D eigenvalue weighted by molar-refractivity contribution is 0.340. The molecule has 0 spiro atoms. The molecule has 3 nitrogen and oxygen atoms in total. The molecule has 2 aromatic carbocycles. The number of rotatable bonds is 3. The summed E-state index contributed by atoms with van der Waals surface area (Å²) < 4.78 is 11.1. The van der Waals surface area contributed by atoms with Gasteiger partial charge in [-0.25, -0.2) is 0 Å². The Labute approximate surface area is 111 Å². The number of hydrogen-bond acceptors (Lipinski definition) is 3. The number of hydrogen-bond donors (Lipinski definition) is 1. The van der Waals surface area contributed by atoms with Crippen LogP contribution >= 0.6 is 0 Å². The van der Waals surface area contributed by atoms with Crippen molar-refractivity contribution in [2.75, 3.05) is 6.61 Å². The Kier molecular flexibility index (Phi) is 2.88. The van der Waals surface area contributed by atoms with Crippen molar-refractivity contribution in [3.8, 4) is 22.8 Å². The second kappa shape index (κ2) is 4.69. The Hall–Kier alpha value is -2.42. The van der Waals surface area contributed by atoms with Gasteiger partial charge < -0.3 is 14.3 Å². The second-order valence-electron chi connectivity index (χ2n) is 4.26. The summed E-state index contributed by atoms with van der Waals surface area (Å²) in [6.45, 7) is 2.60. The molecule has 1 aromatic heterocycles. The van der Waals surface area contributed by atoms with Crippen LogP contribution in [-0.2, 0) is 0 Å². The zero-order chi connectivity index (χ0) is 13.2. The van der Waals surface area contributed by atoms with Crippen molar-refractivity contribution >= 4 is 11.0 Å². The van der Waals surface area contributed by atoms with Crippen LogP contribution in [0.1, 0.15) is 6.92 Å². The van der Waals surface area contributed by atoms with E-state index >= 15 is 0 Å². The molecule has 0 saturated heterocycles. The standard InChI is InChI=1S/C16H14O3/c1-2-18-12-8-6-11(7-9-12)16-10-13-14(17)4-3-5-15(13)19-16/h3-10,17H,2H2,1H3. The van der Waals surface area contributed by atoms with Crippen LogP contribution in [0.5, 0.6) is 11.5 Å². The van der Waals surface area contributed by atoms with Gasteiger partial charge in [-0.1, -0.05) is 6.07 Å². The van der Waals surface area contributed by atoms with Crippen LogP contribution in [0.25, 0.3) is 22.3 Å². The first-order valence-corrected chi connectivity index (χ1v) is 6.22. The number of aromatic hydroxyl groups is 1. The lowest BCUT2D eigenvalue weighted by atomic mass is 10.1. The number of fused-ring (bicyclic) bond motifs is 1. The van der Waals surface area contributed by atoms with Crippen molar-refractivity contribution in [3.63, 3.8) is 0 Å². The molecular weight excluding hydrogens is 240 g/mol. The van der Waals surface area contributed by atoms with Crippen molar-refractivity contribution in [1.82, 2.24) is 0 Å². The lowest BCUT2D eigenvalue weighted by Crippen LogP contribution is -1.90. The van der Waals surface area contributed by atoms with Gasteiger partial charge in [-0.15, -0.1) is 0 Å². The Balaban J connectivity index is 2.01. The minimum absolute atomic E-state index is 0.235. The van der Waals surface area contributed by atoms with Gasteiger partial charge in [0.1, 0.15) is 22.8 Å². The average Bonchev–Trinajstić information content (AvgIpc) is 2.85. The van der Waals surface area contributed by atoms with Gasteiger partial charge in [0.25, 0.3) is 0 Å². The largest absolute Gasteiger partial charge is 0.507 e. The third-order valence-electron chi connectivity index (χ3n) is 2.99. The van der Waals surface area contributed by atoms with E-state index in [1.165, 1.54) is 0 Å². The second-order valence-corrected chi connectivity index (χ2v) is 4.26. The fourth-order valence-electron chi connectivity index (χ4n) is 2.07. The highest BCUT2D eigenvalue weighted by Gasteiger charge is 2.08. The van der Waals surface area contributed by atoms with Gasteiger partial charge in [0.05, 0.1) is 12.0 Å². The van der Waals surface area contributed by atoms with Gasteiger partial charge in [0.2, 0.25) is 0 Å². The van der Waals surface area contributed by atoms with E-state index in [0.717, 1.165) is 22.5 Å². The third kappa shape index (κ3) is 2.15. The van der Waals surface area contributed by atoms with Crippen LogP contribution in [-0.4, -0.2) is 11.7 Å². The molecule has 0 saturated carbocycles. The minimum atomic E-state index is 0.235. The van der Waals surface area contributed by atoms with E-state index in [2.05, 4.69) is 0 Å². The zero-order valence-electron chi connectivity index (χ0n) is 10.6.